The van der Waals surface area contributed by atoms with Gasteiger partial charge in [-0.25, -0.2) is 0 Å². The highest BCUT2D eigenvalue weighted by molar-refractivity contribution is 5.92. The zero-order valence-electron chi connectivity index (χ0n) is 22.7. The van der Waals surface area contributed by atoms with Crippen LogP contribution in [0.15, 0.2) is 146 Å². The second-order valence-corrected chi connectivity index (χ2v) is 10.5. The SMILES string of the molecule is C(=Cc1ccc2cc(Nc3ccc4cc(C=Cc5ccc6ccccc6c5)ccc4c3)ccc2c1)c1ccccc1. The van der Waals surface area contributed by atoms with Crippen LogP contribution in [0.4, 0.5) is 11.4 Å². The molecule has 7 aromatic carbocycles. The maximum atomic E-state index is 3.60. The quantitative estimate of drug-likeness (QED) is 0.214. The number of hydrogen-bond acceptors (Lipinski definition) is 1. The van der Waals surface area contributed by atoms with Crippen molar-refractivity contribution in [1.29, 1.82) is 0 Å². The van der Waals surface area contributed by atoms with Gasteiger partial charge in [-0.05, 0) is 97.0 Å². The third kappa shape index (κ3) is 5.66. The molecule has 7 rings (SSSR count). The van der Waals surface area contributed by atoms with E-state index < -0.39 is 0 Å². The van der Waals surface area contributed by atoms with Crippen molar-refractivity contribution in [2.75, 3.05) is 5.32 Å². The Balaban J connectivity index is 1.06. The van der Waals surface area contributed by atoms with Crippen molar-refractivity contribution in [3.05, 3.63) is 168 Å². The fourth-order valence-electron chi connectivity index (χ4n) is 5.32. The lowest BCUT2D eigenvalue weighted by molar-refractivity contribution is 1.58. The molecule has 0 radical (unpaired) electrons. The minimum absolute atomic E-state index is 1.08. The molecule has 0 aromatic heterocycles. The predicted octanol–water partition coefficient (Wildman–Crippen LogP) is 11.2. The van der Waals surface area contributed by atoms with Crippen LogP contribution in [0.5, 0.6) is 0 Å². The summed E-state index contributed by atoms with van der Waals surface area (Å²) in [5, 5.41) is 11.0. The van der Waals surface area contributed by atoms with Crippen LogP contribution in [-0.2, 0) is 0 Å². The summed E-state index contributed by atoms with van der Waals surface area (Å²) in [5.74, 6) is 0. The van der Waals surface area contributed by atoms with Crippen molar-refractivity contribution in [1.82, 2.24) is 0 Å². The van der Waals surface area contributed by atoms with Gasteiger partial charge >= 0.3 is 0 Å². The molecule has 0 aliphatic heterocycles. The molecule has 1 nitrogen and oxygen atoms in total. The van der Waals surface area contributed by atoms with E-state index in [4.69, 9.17) is 0 Å². The average molecular weight is 524 g/mol. The Hall–Kier alpha value is -5.40. The fraction of sp³-hybridized carbons (Fsp3) is 0. The Morgan fingerprint density at radius 1 is 0.293 bits per heavy atom. The molecule has 0 bridgehead atoms. The van der Waals surface area contributed by atoms with E-state index in [1.54, 1.807) is 0 Å². The minimum Gasteiger partial charge on any atom is -0.355 e. The lowest BCUT2D eigenvalue weighted by atomic mass is 10.0. The van der Waals surface area contributed by atoms with Gasteiger partial charge in [-0.15, -0.1) is 0 Å². The van der Waals surface area contributed by atoms with E-state index >= 15 is 0 Å². The average Bonchev–Trinajstić information content (AvgIpc) is 3.03. The van der Waals surface area contributed by atoms with Crippen LogP contribution in [0.1, 0.15) is 22.3 Å². The van der Waals surface area contributed by atoms with Gasteiger partial charge in [-0.2, -0.15) is 0 Å². The molecular weight excluding hydrogens is 494 g/mol. The van der Waals surface area contributed by atoms with Gasteiger partial charge in [0.15, 0.2) is 0 Å². The molecule has 0 aliphatic rings. The second-order valence-electron chi connectivity index (χ2n) is 10.5. The lowest BCUT2D eigenvalue weighted by Crippen LogP contribution is -1.90. The summed E-state index contributed by atoms with van der Waals surface area (Å²) in [4.78, 5) is 0. The molecule has 7 aromatic rings. The molecule has 1 heteroatoms. The molecule has 1 N–H and O–H groups in total. The lowest BCUT2D eigenvalue weighted by Gasteiger charge is -2.10. The largest absolute Gasteiger partial charge is 0.355 e. The van der Waals surface area contributed by atoms with E-state index in [2.05, 4.69) is 169 Å². The van der Waals surface area contributed by atoms with Crippen LogP contribution in [-0.4, -0.2) is 0 Å². The Labute approximate surface area is 240 Å². The highest BCUT2D eigenvalue weighted by Gasteiger charge is 2.02. The smallest absolute Gasteiger partial charge is 0.0390 e. The van der Waals surface area contributed by atoms with Crippen molar-refractivity contribution in [3.8, 4) is 0 Å². The molecule has 41 heavy (non-hydrogen) atoms. The summed E-state index contributed by atoms with van der Waals surface area (Å²) in [6, 6.07) is 51.8. The highest BCUT2D eigenvalue weighted by atomic mass is 14.9. The highest BCUT2D eigenvalue weighted by Crippen LogP contribution is 2.27. The predicted molar refractivity (Wildman–Crippen MR) is 179 cm³/mol. The zero-order valence-corrected chi connectivity index (χ0v) is 22.7. The van der Waals surface area contributed by atoms with Gasteiger partial charge < -0.3 is 5.32 Å². The summed E-state index contributed by atoms with van der Waals surface area (Å²) in [7, 11) is 0. The van der Waals surface area contributed by atoms with Crippen molar-refractivity contribution in [2.45, 2.75) is 0 Å². The number of fused-ring (bicyclic) bond motifs is 3. The number of rotatable bonds is 6. The maximum Gasteiger partial charge on any atom is 0.0390 e. The molecule has 0 heterocycles. The Morgan fingerprint density at radius 3 is 1.24 bits per heavy atom. The molecule has 0 saturated carbocycles. The van der Waals surface area contributed by atoms with Gasteiger partial charge in [0, 0.05) is 11.4 Å². The summed E-state index contributed by atoms with van der Waals surface area (Å²) in [6.07, 6.45) is 8.70. The number of nitrogens with one attached hydrogen (secondary N) is 1. The third-order valence-electron chi connectivity index (χ3n) is 7.53. The standard InChI is InChI=1S/C40H29N/c1-2-6-29(7-3-1)10-11-30-15-18-37-27-39(22-20-35(37)25-30)41-40-23-21-36-26-32(16-19-38(36)28-40)13-12-31-14-17-33-8-4-5-9-34(33)24-31/h1-28,41H. The van der Waals surface area contributed by atoms with E-state index in [0.29, 0.717) is 0 Å². The molecule has 0 spiro atoms. The first kappa shape index (κ1) is 24.6. The number of benzene rings is 7. The van der Waals surface area contributed by atoms with E-state index in [0.717, 1.165) is 11.4 Å². The normalized spacial score (nSPS) is 11.7. The molecule has 194 valence electrons. The molecule has 0 amide bonds. The molecule has 0 unspecified atom stereocenters. The van der Waals surface area contributed by atoms with Gasteiger partial charge in [0.05, 0.1) is 0 Å². The monoisotopic (exact) mass is 523 g/mol. The van der Waals surface area contributed by atoms with E-state index in [1.165, 1.54) is 54.6 Å². The molecular formula is C40H29N. The van der Waals surface area contributed by atoms with Gasteiger partial charge in [-0.3, -0.25) is 0 Å². The summed E-state index contributed by atoms with van der Waals surface area (Å²) in [6.45, 7) is 0. The van der Waals surface area contributed by atoms with Crippen molar-refractivity contribution in [2.24, 2.45) is 0 Å². The van der Waals surface area contributed by atoms with Crippen molar-refractivity contribution in [3.63, 3.8) is 0 Å². The van der Waals surface area contributed by atoms with E-state index in [9.17, 15) is 0 Å². The van der Waals surface area contributed by atoms with Crippen molar-refractivity contribution >= 4 is 68.0 Å². The second kappa shape index (κ2) is 11.0. The van der Waals surface area contributed by atoms with E-state index in [1.807, 2.05) is 6.07 Å². The minimum atomic E-state index is 1.08. The summed E-state index contributed by atoms with van der Waals surface area (Å²) >= 11 is 0. The Kier molecular flexibility index (Phi) is 6.61. The topological polar surface area (TPSA) is 12.0 Å². The van der Waals surface area contributed by atoms with Gasteiger partial charge in [0.25, 0.3) is 0 Å². The van der Waals surface area contributed by atoms with Crippen LogP contribution >= 0.6 is 0 Å². The van der Waals surface area contributed by atoms with Gasteiger partial charge in [-0.1, -0.05) is 127 Å². The summed E-state index contributed by atoms with van der Waals surface area (Å²) < 4.78 is 0. The Morgan fingerprint density at radius 2 is 0.683 bits per heavy atom. The van der Waals surface area contributed by atoms with Gasteiger partial charge in [0.2, 0.25) is 0 Å². The first-order valence-electron chi connectivity index (χ1n) is 14.0. The van der Waals surface area contributed by atoms with Gasteiger partial charge in [0.1, 0.15) is 0 Å². The fourth-order valence-corrected chi connectivity index (χ4v) is 5.32. The third-order valence-corrected chi connectivity index (χ3v) is 7.53. The molecule has 0 atom stereocenters. The zero-order chi connectivity index (χ0) is 27.4. The maximum absolute atomic E-state index is 3.60. The Bertz CT molecular complexity index is 2070. The van der Waals surface area contributed by atoms with Crippen molar-refractivity contribution < 1.29 is 0 Å². The van der Waals surface area contributed by atoms with Crippen LogP contribution in [0.2, 0.25) is 0 Å². The van der Waals surface area contributed by atoms with Crippen LogP contribution in [0.3, 0.4) is 0 Å². The van der Waals surface area contributed by atoms with Crippen LogP contribution in [0, 0.1) is 0 Å². The molecule has 0 aliphatic carbocycles. The molecule has 0 fully saturated rings. The van der Waals surface area contributed by atoms with E-state index in [-0.39, 0.29) is 0 Å². The first-order chi connectivity index (χ1) is 20.2. The number of hydrogen-bond donors (Lipinski definition) is 1. The van der Waals surface area contributed by atoms with Crippen LogP contribution in [0.25, 0.3) is 56.6 Å². The summed E-state index contributed by atoms with van der Waals surface area (Å²) in [5.41, 5.74) is 6.97. The first-order valence-corrected chi connectivity index (χ1v) is 14.0. The molecule has 0 saturated heterocycles. The van der Waals surface area contributed by atoms with Crippen LogP contribution < -0.4 is 5.32 Å². The number of anilines is 2.